The van der Waals surface area contributed by atoms with Crippen molar-refractivity contribution in [2.75, 3.05) is 16.5 Å². The van der Waals surface area contributed by atoms with Gasteiger partial charge in [0.15, 0.2) is 4.32 Å². The van der Waals surface area contributed by atoms with E-state index >= 15 is 0 Å². The number of aliphatic hydroxyl groups is 1. The Bertz CT molecular complexity index is 1010. The second-order valence-electron chi connectivity index (χ2n) is 5.56. The van der Waals surface area contributed by atoms with E-state index in [1.807, 2.05) is 0 Å². The van der Waals surface area contributed by atoms with E-state index in [2.05, 4.69) is 0 Å². The van der Waals surface area contributed by atoms with Gasteiger partial charge < -0.3 is 5.11 Å². The number of fused-ring (bicyclic) bond motifs is 1. The van der Waals surface area contributed by atoms with E-state index in [-0.39, 0.29) is 10.5 Å². The predicted octanol–water partition coefficient (Wildman–Crippen LogP) is 3.41. The lowest BCUT2D eigenvalue weighted by Gasteiger charge is -2.16. The Kier molecular flexibility index (Phi) is 4.32. The molecule has 26 heavy (non-hydrogen) atoms. The number of amides is 2. The summed E-state index contributed by atoms with van der Waals surface area (Å²) in [6.45, 7) is -0.468. The van der Waals surface area contributed by atoms with Crippen LogP contribution in [-0.2, 0) is 9.59 Å². The molecule has 1 fully saturated rings. The number of halogens is 1. The number of benzene rings is 2. The van der Waals surface area contributed by atoms with Gasteiger partial charge in [-0.25, -0.2) is 0 Å². The van der Waals surface area contributed by atoms with Crippen molar-refractivity contribution in [3.05, 3.63) is 64.0 Å². The van der Waals surface area contributed by atoms with E-state index in [4.69, 9.17) is 23.8 Å². The summed E-state index contributed by atoms with van der Waals surface area (Å²) in [6, 6.07) is 13.9. The van der Waals surface area contributed by atoms with Crippen LogP contribution in [0.5, 0.6) is 0 Å². The lowest BCUT2D eigenvalue weighted by Crippen LogP contribution is -2.29. The van der Waals surface area contributed by atoms with Crippen LogP contribution in [0.3, 0.4) is 0 Å². The minimum atomic E-state index is -0.468. The molecule has 2 aromatic carbocycles. The molecule has 2 aliphatic rings. The standard InChI is InChI=1S/C18H11ClN2O3S2/c19-11-6-2-4-8-13(11)21-17(24)15(26-18(21)25)14-10-5-1-3-7-12(10)20(9-22)16(14)23/h1-8,22H,9H2. The normalized spacial score (nSPS) is 19.5. The Morgan fingerprint density at radius 2 is 1.65 bits per heavy atom. The van der Waals surface area contributed by atoms with Crippen LogP contribution in [-0.4, -0.2) is 28.0 Å². The van der Waals surface area contributed by atoms with Gasteiger partial charge in [-0.1, -0.05) is 65.9 Å². The molecule has 4 rings (SSSR count). The molecule has 5 nitrogen and oxygen atoms in total. The van der Waals surface area contributed by atoms with E-state index < -0.39 is 18.5 Å². The molecule has 2 aromatic rings. The van der Waals surface area contributed by atoms with Gasteiger partial charge >= 0.3 is 0 Å². The maximum absolute atomic E-state index is 13.1. The van der Waals surface area contributed by atoms with Crippen LogP contribution < -0.4 is 9.80 Å². The number of nitrogens with zero attached hydrogens (tertiary/aromatic N) is 2. The van der Waals surface area contributed by atoms with Gasteiger partial charge in [0.25, 0.3) is 11.8 Å². The highest BCUT2D eigenvalue weighted by molar-refractivity contribution is 8.27. The summed E-state index contributed by atoms with van der Waals surface area (Å²) in [6.07, 6.45) is 0. The Hall–Kier alpha value is -2.19. The average molecular weight is 403 g/mol. The SMILES string of the molecule is O=C1C(=C2SC(=S)N(c3ccccc3Cl)C2=O)c2ccccc2N1CO. The summed E-state index contributed by atoms with van der Waals surface area (Å²) in [4.78, 5) is 28.7. The molecule has 0 bridgehead atoms. The number of para-hydroxylation sites is 2. The molecule has 0 unspecified atom stereocenters. The second-order valence-corrected chi connectivity index (χ2v) is 7.61. The Morgan fingerprint density at radius 3 is 2.35 bits per heavy atom. The largest absolute Gasteiger partial charge is 0.376 e. The quantitative estimate of drug-likeness (QED) is 0.616. The van der Waals surface area contributed by atoms with E-state index in [0.29, 0.717) is 26.3 Å². The summed E-state index contributed by atoms with van der Waals surface area (Å²) < 4.78 is 0.304. The van der Waals surface area contributed by atoms with Crippen LogP contribution in [0.15, 0.2) is 53.4 Å². The van der Waals surface area contributed by atoms with Gasteiger partial charge in [-0.3, -0.25) is 19.4 Å². The first kappa shape index (κ1) is 17.2. The Morgan fingerprint density at radius 1 is 1.00 bits per heavy atom. The van der Waals surface area contributed by atoms with Crippen molar-refractivity contribution >= 4 is 68.7 Å². The van der Waals surface area contributed by atoms with Crippen molar-refractivity contribution in [3.63, 3.8) is 0 Å². The molecule has 130 valence electrons. The predicted molar refractivity (Wildman–Crippen MR) is 107 cm³/mol. The first-order chi connectivity index (χ1) is 12.5. The first-order valence-corrected chi connectivity index (χ1v) is 9.22. The van der Waals surface area contributed by atoms with E-state index in [1.54, 1.807) is 48.5 Å². The molecule has 0 radical (unpaired) electrons. The van der Waals surface area contributed by atoms with Crippen molar-refractivity contribution in [2.45, 2.75) is 0 Å². The number of aliphatic hydroxyl groups excluding tert-OH is 1. The van der Waals surface area contributed by atoms with Crippen molar-refractivity contribution in [1.82, 2.24) is 0 Å². The molecule has 0 saturated carbocycles. The van der Waals surface area contributed by atoms with Crippen LogP contribution >= 0.6 is 35.6 Å². The number of anilines is 2. The highest BCUT2D eigenvalue weighted by Gasteiger charge is 2.42. The van der Waals surface area contributed by atoms with Crippen LogP contribution in [0, 0.1) is 0 Å². The van der Waals surface area contributed by atoms with Gasteiger partial charge in [0.1, 0.15) is 6.73 Å². The number of rotatable bonds is 2. The van der Waals surface area contributed by atoms with Gasteiger partial charge in [0.2, 0.25) is 0 Å². The zero-order valence-electron chi connectivity index (χ0n) is 13.2. The van der Waals surface area contributed by atoms with Gasteiger partial charge in [-0.05, 0) is 18.2 Å². The van der Waals surface area contributed by atoms with E-state index in [0.717, 1.165) is 11.8 Å². The molecular formula is C18H11ClN2O3S2. The number of carbonyl (C=O) groups excluding carboxylic acids is 2. The zero-order valence-corrected chi connectivity index (χ0v) is 15.6. The Balaban J connectivity index is 1.87. The van der Waals surface area contributed by atoms with Gasteiger partial charge in [0.05, 0.1) is 26.9 Å². The lowest BCUT2D eigenvalue weighted by atomic mass is 10.1. The lowest BCUT2D eigenvalue weighted by molar-refractivity contribution is -0.115. The van der Waals surface area contributed by atoms with Crippen LogP contribution in [0.1, 0.15) is 5.56 Å². The molecular weight excluding hydrogens is 392 g/mol. The molecule has 8 heteroatoms. The summed E-state index contributed by atoms with van der Waals surface area (Å²) in [5, 5.41) is 9.96. The van der Waals surface area contributed by atoms with Crippen LogP contribution in [0.4, 0.5) is 11.4 Å². The summed E-state index contributed by atoms with van der Waals surface area (Å²) in [5.74, 6) is -0.820. The molecule has 0 atom stereocenters. The van der Waals surface area contributed by atoms with Gasteiger partial charge in [0, 0.05) is 5.56 Å². The minimum Gasteiger partial charge on any atom is -0.376 e. The molecule has 1 saturated heterocycles. The third kappa shape index (κ3) is 2.47. The fourth-order valence-corrected chi connectivity index (χ4v) is 4.58. The summed E-state index contributed by atoms with van der Waals surface area (Å²) in [7, 11) is 0. The maximum atomic E-state index is 13.1. The van der Waals surface area contributed by atoms with Crippen molar-refractivity contribution in [3.8, 4) is 0 Å². The first-order valence-electron chi connectivity index (χ1n) is 7.61. The smallest absolute Gasteiger partial charge is 0.271 e. The number of carbonyl (C=O) groups is 2. The minimum absolute atomic E-state index is 0.239. The third-order valence-corrected chi connectivity index (χ3v) is 5.85. The highest BCUT2D eigenvalue weighted by atomic mass is 35.5. The van der Waals surface area contributed by atoms with Crippen molar-refractivity contribution in [1.29, 1.82) is 0 Å². The van der Waals surface area contributed by atoms with Crippen molar-refractivity contribution < 1.29 is 14.7 Å². The molecule has 0 spiro atoms. The number of thioether (sulfide) groups is 1. The third-order valence-electron chi connectivity index (χ3n) is 4.15. The highest BCUT2D eigenvalue weighted by Crippen LogP contribution is 2.46. The molecule has 2 amide bonds. The fraction of sp³-hybridized carbons (Fsp3) is 0.0556. The summed E-state index contributed by atoms with van der Waals surface area (Å²) in [5.41, 5.74) is 1.90. The number of thiocarbonyl (C=S) groups is 1. The van der Waals surface area contributed by atoms with E-state index in [9.17, 15) is 14.7 Å². The van der Waals surface area contributed by atoms with Gasteiger partial charge in [-0.2, -0.15) is 0 Å². The van der Waals surface area contributed by atoms with E-state index in [1.165, 1.54) is 9.80 Å². The van der Waals surface area contributed by atoms with Crippen LogP contribution in [0.2, 0.25) is 5.02 Å². The molecule has 1 N–H and O–H groups in total. The second kappa shape index (κ2) is 6.51. The molecule has 2 heterocycles. The fourth-order valence-electron chi connectivity index (χ4n) is 3.00. The topological polar surface area (TPSA) is 60.9 Å². The van der Waals surface area contributed by atoms with Crippen molar-refractivity contribution in [2.24, 2.45) is 0 Å². The average Bonchev–Trinajstić information content (AvgIpc) is 3.08. The van der Waals surface area contributed by atoms with Crippen LogP contribution in [0.25, 0.3) is 5.57 Å². The maximum Gasteiger partial charge on any atom is 0.271 e. The Labute approximate surface area is 163 Å². The number of hydrogen-bond acceptors (Lipinski definition) is 5. The molecule has 0 aromatic heterocycles. The zero-order chi connectivity index (χ0) is 18.4. The molecule has 0 aliphatic carbocycles. The summed E-state index contributed by atoms with van der Waals surface area (Å²) >= 11 is 12.6. The molecule has 2 aliphatic heterocycles. The number of hydrogen-bond donors (Lipinski definition) is 1. The van der Waals surface area contributed by atoms with Gasteiger partial charge in [-0.15, -0.1) is 0 Å². The monoisotopic (exact) mass is 402 g/mol.